The van der Waals surface area contributed by atoms with Crippen LogP contribution in [-0.2, 0) is 27.9 Å². The van der Waals surface area contributed by atoms with E-state index >= 15 is 0 Å². The first-order valence-corrected chi connectivity index (χ1v) is 15.4. The zero-order valence-electron chi connectivity index (χ0n) is 23.7. The van der Waals surface area contributed by atoms with Gasteiger partial charge in [-0.3, -0.25) is 9.56 Å². The van der Waals surface area contributed by atoms with E-state index in [9.17, 15) is 4.79 Å². The Morgan fingerprint density at radius 1 is 1.25 bits per heavy atom. The maximum Gasteiger partial charge on any atom is 0.410 e. The van der Waals surface area contributed by atoms with Crippen molar-refractivity contribution >= 4 is 34.7 Å². The fourth-order valence-electron chi connectivity index (χ4n) is 6.28. The summed E-state index contributed by atoms with van der Waals surface area (Å²) in [4.78, 5) is 21.7. The smallest absolute Gasteiger partial charge is 0.410 e. The van der Waals surface area contributed by atoms with Gasteiger partial charge in [0.25, 0.3) is 0 Å². The highest BCUT2D eigenvalue weighted by molar-refractivity contribution is 7.15. The maximum atomic E-state index is 13.4. The summed E-state index contributed by atoms with van der Waals surface area (Å²) in [7, 11) is 3.54. The quantitative estimate of drug-likeness (QED) is 0.313. The normalized spacial score (nSPS) is 19.8. The SMILES string of the molecule is CCC[C@@H]([C@@H](CC)OC)N(C)C(=O)O[C@@H]1Cc2sc3c(c2C1)C(c1ccccc1Cl)=NC1(CC1)c1nnc(C)n1-3. The third-order valence-corrected chi connectivity index (χ3v) is 10.1. The number of nitrogens with zero attached hydrogens (tertiary/aromatic N) is 5. The number of methoxy groups -OCH3 is 1. The molecule has 0 bridgehead atoms. The van der Waals surface area contributed by atoms with Crippen molar-refractivity contribution in [1.82, 2.24) is 19.7 Å². The lowest BCUT2D eigenvalue weighted by Gasteiger charge is -2.33. The van der Waals surface area contributed by atoms with Gasteiger partial charge in [-0.25, -0.2) is 4.79 Å². The number of carbonyl (C=O) groups is 1. The van der Waals surface area contributed by atoms with Gasteiger partial charge in [0.1, 0.15) is 22.5 Å². The van der Waals surface area contributed by atoms with Crippen LogP contribution in [0.5, 0.6) is 0 Å². The Hall–Kier alpha value is -2.75. The van der Waals surface area contributed by atoms with Gasteiger partial charge in [0.2, 0.25) is 0 Å². The number of thiophene rings is 1. The van der Waals surface area contributed by atoms with E-state index in [1.807, 2.05) is 38.2 Å². The average molecular weight is 582 g/mol. The van der Waals surface area contributed by atoms with Crippen molar-refractivity contribution < 1.29 is 14.3 Å². The molecule has 1 spiro atoms. The minimum Gasteiger partial charge on any atom is -0.445 e. The lowest BCUT2D eigenvalue weighted by atomic mass is 9.98. The molecule has 2 aromatic heterocycles. The van der Waals surface area contributed by atoms with Crippen molar-refractivity contribution in [2.24, 2.45) is 4.99 Å². The molecule has 3 aliphatic rings. The maximum absolute atomic E-state index is 13.4. The molecule has 6 rings (SSSR count). The Kier molecular flexibility index (Phi) is 7.25. The fraction of sp³-hybridized carbons (Fsp3) is 0.533. The molecule has 0 radical (unpaired) electrons. The molecule has 8 nitrogen and oxygen atoms in total. The first kappa shape index (κ1) is 27.4. The molecule has 2 aliphatic carbocycles. The first-order chi connectivity index (χ1) is 19.3. The standard InChI is InChI=1S/C30H36ClN5O3S/c1-6-10-22(23(7-2)38-5)35(4)29(37)39-18-15-20-24(16-18)40-27-25(20)26(19-11-8-9-12-21(19)31)32-30(13-14-30)28-34-33-17(3)36(27)28/h8-9,11-12,18,22-23H,6-7,10,13-16H2,1-5H3/t18-,22-,23+/m0/s1. The molecule has 1 aromatic carbocycles. The summed E-state index contributed by atoms with van der Waals surface area (Å²) in [6, 6.07) is 7.88. The number of aliphatic imine (C=N–C) groups is 1. The molecular formula is C30H36ClN5O3S. The zero-order chi connectivity index (χ0) is 28.2. The lowest BCUT2D eigenvalue weighted by Crippen LogP contribution is -2.46. The predicted octanol–water partition coefficient (Wildman–Crippen LogP) is 6.26. The second-order valence-corrected chi connectivity index (χ2v) is 12.6. The Labute approximate surface area is 244 Å². The van der Waals surface area contributed by atoms with Crippen LogP contribution < -0.4 is 0 Å². The van der Waals surface area contributed by atoms with Gasteiger partial charge in [-0.2, -0.15) is 0 Å². The number of fused-ring (bicyclic) bond motifs is 6. The third kappa shape index (κ3) is 4.46. The summed E-state index contributed by atoms with van der Waals surface area (Å²) in [5.74, 6) is 1.76. The van der Waals surface area contributed by atoms with Crippen LogP contribution >= 0.6 is 22.9 Å². The number of hydrogen-bond acceptors (Lipinski definition) is 7. The molecular weight excluding hydrogens is 546 g/mol. The molecule has 3 atom stereocenters. The fourth-order valence-corrected chi connectivity index (χ4v) is 7.95. The summed E-state index contributed by atoms with van der Waals surface area (Å²) in [6.45, 7) is 6.21. The molecule has 3 heterocycles. The highest BCUT2D eigenvalue weighted by Gasteiger charge is 2.52. The van der Waals surface area contributed by atoms with Crippen molar-refractivity contribution in [2.75, 3.05) is 14.2 Å². The largest absolute Gasteiger partial charge is 0.445 e. The van der Waals surface area contributed by atoms with Crippen LogP contribution in [0.3, 0.4) is 0 Å². The molecule has 3 aromatic rings. The number of likely N-dealkylation sites (N-methyl/N-ethyl adjacent to an activating group) is 1. The van der Waals surface area contributed by atoms with Crippen molar-refractivity contribution in [3.63, 3.8) is 0 Å². The van der Waals surface area contributed by atoms with E-state index < -0.39 is 0 Å². The van der Waals surface area contributed by atoms with Crippen LogP contribution in [0.4, 0.5) is 4.79 Å². The van der Waals surface area contributed by atoms with Gasteiger partial charge in [0.05, 0.1) is 17.9 Å². The van der Waals surface area contributed by atoms with E-state index in [2.05, 4.69) is 28.6 Å². The van der Waals surface area contributed by atoms with Crippen molar-refractivity contribution in [2.45, 2.75) is 89.5 Å². The first-order valence-electron chi connectivity index (χ1n) is 14.2. The van der Waals surface area contributed by atoms with Crippen LogP contribution in [0.15, 0.2) is 29.3 Å². The van der Waals surface area contributed by atoms with Crippen LogP contribution in [-0.4, -0.2) is 63.9 Å². The number of aryl methyl sites for hydroxylation is 1. The number of hydrogen-bond donors (Lipinski definition) is 0. The molecule has 0 unspecified atom stereocenters. The number of benzene rings is 1. The average Bonchev–Trinajstić information content (AvgIpc) is 3.31. The summed E-state index contributed by atoms with van der Waals surface area (Å²) in [5.41, 5.74) is 3.70. The topological polar surface area (TPSA) is 81.8 Å². The van der Waals surface area contributed by atoms with E-state index in [1.54, 1.807) is 23.3 Å². The van der Waals surface area contributed by atoms with E-state index in [1.165, 1.54) is 10.4 Å². The summed E-state index contributed by atoms with van der Waals surface area (Å²) < 4.78 is 14.0. The minimum atomic E-state index is -0.375. The Bertz CT molecular complexity index is 1470. The molecule has 10 heteroatoms. The molecule has 1 aliphatic heterocycles. The Morgan fingerprint density at radius 2 is 2.02 bits per heavy atom. The lowest BCUT2D eigenvalue weighted by molar-refractivity contribution is 0.00373. The number of rotatable bonds is 8. The third-order valence-electron chi connectivity index (χ3n) is 8.55. The molecule has 0 N–H and O–H groups in total. The molecule has 40 heavy (non-hydrogen) atoms. The predicted molar refractivity (Wildman–Crippen MR) is 157 cm³/mol. The van der Waals surface area contributed by atoms with Crippen molar-refractivity contribution in [3.05, 3.63) is 62.5 Å². The Balaban J connectivity index is 1.35. The number of ether oxygens (including phenoxy) is 2. The second kappa shape index (κ2) is 10.6. The second-order valence-electron chi connectivity index (χ2n) is 11.1. The van der Waals surface area contributed by atoms with E-state index in [0.717, 1.165) is 65.6 Å². The van der Waals surface area contributed by atoms with Gasteiger partial charge < -0.3 is 14.4 Å². The van der Waals surface area contributed by atoms with Gasteiger partial charge in [0, 0.05) is 48.0 Å². The van der Waals surface area contributed by atoms with Gasteiger partial charge >= 0.3 is 6.09 Å². The van der Waals surface area contributed by atoms with Gasteiger partial charge in [-0.05, 0) is 44.2 Å². The molecule has 1 saturated carbocycles. The molecule has 212 valence electrons. The highest BCUT2D eigenvalue weighted by atomic mass is 35.5. The van der Waals surface area contributed by atoms with Crippen LogP contribution in [0.1, 0.15) is 79.2 Å². The number of halogens is 1. The number of amides is 1. The van der Waals surface area contributed by atoms with Crippen LogP contribution in [0.25, 0.3) is 5.00 Å². The van der Waals surface area contributed by atoms with E-state index in [0.29, 0.717) is 17.9 Å². The van der Waals surface area contributed by atoms with E-state index in [4.69, 9.17) is 26.1 Å². The Morgan fingerprint density at radius 3 is 2.70 bits per heavy atom. The molecule has 1 amide bonds. The van der Waals surface area contributed by atoms with Gasteiger partial charge in [-0.1, -0.05) is 50.1 Å². The van der Waals surface area contributed by atoms with Crippen molar-refractivity contribution in [3.8, 4) is 5.00 Å². The summed E-state index contributed by atoms with van der Waals surface area (Å²) in [5, 5.41) is 10.8. The number of carbonyl (C=O) groups excluding carboxylic acids is 1. The van der Waals surface area contributed by atoms with Crippen LogP contribution in [0, 0.1) is 6.92 Å². The highest BCUT2D eigenvalue weighted by Crippen LogP contribution is 2.54. The summed E-state index contributed by atoms with van der Waals surface area (Å²) >= 11 is 8.50. The summed E-state index contributed by atoms with van der Waals surface area (Å²) in [6.07, 6.45) is 5.27. The van der Waals surface area contributed by atoms with Gasteiger partial charge in [-0.15, -0.1) is 21.5 Å². The van der Waals surface area contributed by atoms with Crippen LogP contribution in [0.2, 0.25) is 5.02 Å². The molecule has 1 fully saturated rings. The monoisotopic (exact) mass is 581 g/mol. The zero-order valence-corrected chi connectivity index (χ0v) is 25.3. The van der Waals surface area contributed by atoms with Crippen molar-refractivity contribution in [1.29, 1.82) is 0 Å². The number of aromatic nitrogens is 3. The minimum absolute atomic E-state index is 0.0242. The van der Waals surface area contributed by atoms with Gasteiger partial charge in [0.15, 0.2) is 5.82 Å². The molecule has 0 saturated heterocycles. The van der Waals surface area contributed by atoms with E-state index in [-0.39, 0.29) is 29.9 Å².